The van der Waals surface area contributed by atoms with Crippen molar-refractivity contribution in [2.75, 3.05) is 0 Å². The van der Waals surface area contributed by atoms with Gasteiger partial charge in [0, 0.05) is 0 Å². The standard InChI is InChI=1S/C8H14/c1-6-4-7(2)8(3)5-6/h4,7-8H,5H2,1-3H3/t7-,8?/m1/s1. The molecule has 0 radical (unpaired) electrons. The van der Waals surface area contributed by atoms with Crippen LogP contribution in [0.2, 0.25) is 0 Å². The molecule has 0 bridgehead atoms. The molecule has 0 spiro atoms. The van der Waals surface area contributed by atoms with Crippen molar-refractivity contribution in [3.63, 3.8) is 0 Å². The average Bonchev–Trinajstić information content (AvgIpc) is 1.85. The zero-order valence-corrected chi connectivity index (χ0v) is 5.94. The van der Waals surface area contributed by atoms with Crippen LogP contribution in [0.15, 0.2) is 11.6 Å². The fraction of sp³-hybridized carbons (Fsp3) is 0.750. The van der Waals surface area contributed by atoms with E-state index in [-0.39, 0.29) is 0 Å². The van der Waals surface area contributed by atoms with Crippen LogP contribution in [0.3, 0.4) is 0 Å². The summed E-state index contributed by atoms with van der Waals surface area (Å²) in [6.45, 7) is 6.83. The number of allylic oxidation sites excluding steroid dienone is 2. The van der Waals surface area contributed by atoms with Crippen molar-refractivity contribution in [3.8, 4) is 0 Å². The van der Waals surface area contributed by atoms with Gasteiger partial charge in [-0.05, 0) is 25.2 Å². The lowest BCUT2D eigenvalue weighted by Crippen LogP contribution is -1.96. The van der Waals surface area contributed by atoms with Gasteiger partial charge in [-0.1, -0.05) is 25.5 Å². The monoisotopic (exact) mass is 110 g/mol. The molecule has 0 heteroatoms. The van der Waals surface area contributed by atoms with Crippen molar-refractivity contribution in [2.45, 2.75) is 27.2 Å². The Morgan fingerprint density at radius 3 is 2.25 bits per heavy atom. The minimum absolute atomic E-state index is 0.829. The Balaban J connectivity index is 2.56. The molecule has 0 aromatic rings. The Morgan fingerprint density at radius 1 is 1.50 bits per heavy atom. The lowest BCUT2D eigenvalue weighted by Gasteiger charge is -2.05. The predicted molar refractivity (Wildman–Crippen MR) is 36.7 cm³/mol. The molecule has 1 rings (SSSR count). The minimum atomic E-state index is 0.829. The molecule has 0 fully saturated rings. The van der Waals surface area contributed by atoms with E-state index < -0.39 is 0 Å². The zero-order valence-electron chi connectivity index (χ0n) is 5.94. The maximum absolute atomic E-state index is 2.38. The van der Waals surface area contributed by atoms with Gasteiger partial charge < -0.3 is 0 Å². The second kappa shape index (κ2) is 1.93. The summed E-state index contributed by atoms with van der Waals surface area (Å²) in [6.07, 6.45) is 3.70. The van der Waals surface area contributed by atoms with E-state index in [9.17, 15) is 0 Å². The number of rotatable bonds is 0. The third-order valence-corrected chi connectivity index (χ3v) is 2.09. The quantitative estimate of drug-likeness (QED) is 0.420. The fourth-order valence-electron chi connectivity index (χ4n) is 1.37. The maximum atomic E-state index is 2.38. The molecule has 0 aromatic heterocycles. The Labute approximate surface area is 51.6 Å². The average molecular weight is 110 g/mol. The van der Waals surface area contributed by atoms with Gasteiger partial charge in [0.05, 0.1) is 0 Å². The van der Waals surface area contributed by atoms with Crippen LogP contribution in [0.25, 0.3) is 0 Å². The number of hydrogen-bond donors (Lipinski definition) is 0. The Morgan fingerprint density at radius 2 is 2.12 bits per heavy atom. The van der Waals surface area contributed by atoms with E-state index in [0.717, 1.165) is 11.8 Å². The van der Waals surface area contributed by atoms with Gasteiger partial charge in [-0.3, -0.25) is 0 Å². The van der Waals surface area contributed by atoms with Crippen molar-refractivity contribution in [1.29, 1.82) is 0 Å². The van der Waals surface area contributed by atoms with Crippen molar-refractivity contribution < 1.29 is 0 Å². The maximum Gasteiger partial charge on any atom is -0.0231 e. The van der Waals surface area contributed by atoms with Crippen LogP contribution in [0, 0.1) is 11.8 Å². The van der Waals surface area contributed by atoms with Crippen LogP contribution < -0.4 is 0 Å². The molecule has 0 aliphatic heterocycles. The summed E-state index contributed by atoms with van der Waals surface area (Å²) in [5, 5.41) is 0. The molecular weight excluding hydrogens is 96.1 g/mol. The van der Waals surface area contributed by atoms with E-state index in [1.54, 1.807) is 5.57 Å². The highest BCUT2D eigenvalue weighted by molar-refractivity contribution is 5.09. The smallest absolute Gasteiger partial charge is 0.0231 e. The first-order valence-electron chi connectivity index (χ1n) is 3.37. The molecule has 1 unspecified atom stereocenters. The summed E-state index contributed by atoms with van der Waals surface area (Å²) < 4.78 is 0. The van der Waals surface area contributed by atoms with Gasteiger partial charge in [0.15, 0.2) is 0 Å². The first kappa shape index (κ1) is 5.87. The second-order valence-corrected chi connectivity index (χ2v) is 3.05. The molecule has 46 valence electrons. The van der Waals surface area contributed by atoms with Crippen molar-refractivity contribution >= 4 is 0 Å². The molecule has 0 nitrogen and oxygen atoms in total. The largest absolute Gasteiger partial charge is 0.0825 e. The highest BCUT2D eigenvalue weighted by Gasteiger charge is 2.16. The zero-order chi connectivity index (χ0) is 6.15. The summed E-state index contributed by atoms with van der Waals surface area (Å²) >= 11 is 0. The molecule has 0 amide bonds. The van der Waals surface area contributed by atoms with Crippen LogP contribution in [0.1, 0.15) is 27.2 Å². The van der Waals surface area contributed by atoms with Crippen LogP contribution in [0.5, 0.6) is 0 Å². The lowest BCUT2D eigenvalue weighted by atomic mass is 10.0. The van der Waals surface area contributed by atoms with Crippen LogP contribution in [-0.2, 0) is 0 Å². The third kappa shape index (κ3) is 0.936. The van der Waals surface area contributed by atoms with E-state index in [0.29, 0.717) is 0 Å². The van der Waals surface area contributed by atoms with Gasteiger partial charge in [-0.2, -0.15) is 0 Å². The van der Waals surface area contributed by atoms with Gasteiger partial charge in [-0.25, -0.2) is 0 Å². The lowest BCUT2D eigenvalue weighted by molar-refractivity contribution is 0.494. The summed E-state index contributed by atoms with van der Waals surface area (Å²) in [7, 11) is 0. The van der Waals surface area contributed by atoms with Crippen LogP contribution in [0.4, 0.5) is 0 Å². The number of hydrogen-bond acceptors (Lipinski definition) is 0. The highest BCUT2D eigenvalue weighted by atomic mass is 14.2. The Kier molecular flexibility index (Phi) is 1.41. The van der Waals surface area contributed by atoms with Gasteiger partial charge in [0.2, 0.25) is 0 Å². The van der Waals surface area contributed by atoms with E-state index in [1.807, 2.05) is 0 Å². The van der Waals surface area contributed by atoms with Gasteiger partial charge in [0.25, 0.3) is 0 Å². The summed E-state index contributed by atoms with van der Waals surface area (Å²) in [6, 6.07) is 0. The third-order valence-electron chi connectivity index (χ3n) is 2.09. The normalized spacial score (nSPS) is 37.6. The van der Waals surface area contributed by atoms with Gasteiger partial charge >= 0.3 is 0 Å². The molecule has 0 saturated carbocycles. The highest BCUT2D eigenvalue weighted by Crippen LogP contribution is 2.28. The van der Waals surface area contributed by atoms with Crippen LogP contribution >= 0.6 is 0 Å². The van der Waals surface area contributed by atoms with E-state index in [1.165, 1.54) is 6.42 Å². The van der Waals surface area contributed by atoms with Crippen LogP contribution in [-0.4, -0.2) is 0 Å². The topological polar surface area (TPSA) is 0 Å². The molecule has 0 aromatic carbocycles. The van der Waals surface area contributed by atoms with Gasteiger partial charge in [0.1, 0.15) is 0 Å². The molecule has 0 N–H and O–H groups in total. The molecular formula is C8H14. The SMILES string of the molecule is CC1=C[C@@H](C)C(C)C1. The van der Waals surface area contributed by atoms with Gasteiger partial charge in [-0.15, -0.1) is 0 Å². The molecule has 1 aliphatic carbocycles. The molecule has 8 heavy (non-hydrogen) atoms. The van der Waals surface area contributed by atoms with E-state index >= 15 is 0 Å². The second-order valence-electron chi connectivity index (χ2n) is 3.05. The minimum Gasteiger partial charge on any atom is -0.0825 e. The molecule has 0 saturated heterocycles. The van der Waals surface area contributed by atoms with Crippen molar-refractivity contribution in [1.82, 2.24) is 0 Å². The first-order chi connectivity index (χ1) is 3.70. The van der Waals surface area contributed by atoms with E-state index in [2.05, 4.69) is 26.8 Å². The first-order valence-corrected chi connectivity index (χ1v) is 3.37. The Hall–Kier alpha value is -0.260. The van der Waals surface area contributed by atoms with Crippen molar-refractivity contribution in [3.05, 3.63) is 11.6 Å². The van der Waals surface area contributed by atoms with E-state index in [4.69, 9.17) is 0 Å². The summed E-state index contributed by atoms with van der Waals surface area (Å²) in [5.41, 5.74) is 1.57. The summed E-state index contributed by atoms with van der Waals surface area (Å²) in [5.74, 6) is 1.73. The fourth-order valence-corrected chi connectivity index (χ4v) is 1.37. The molecule has 2 atom stereocenters. The predicted octanol–water partition coefficient (Wildman–Crippen LogP) is 2.61. The molecule has 1 aliphatic rings. The van der Waals surface area contributed by atoms with Crippen molar-refractivity contribution in [2.24, 2.45) is 11.8 Å². The summed E-state index contributed by atoms with van der Waals surface area (Å²) in [4.78, 5) is 0. The Bertz CT molecular complexity index is 111. The molecule has 0 heterocycles.